The van der Waals surface area contributed by atoms with Crippen molar-refractivity contribution in [2.75, 3.05) is 0 Å². The van der Waals surface area contributed by atoms with Gasteiger partial charge in [-0.1, -0.05) is 36.4 Å². The van der Waals surface area contributed by atoms with E-state index in [-0.39, 0.29) is 23.6 Å². The normalized spacial score (nSPS) is 11.9. The lowest BCUT2D eigenvalue weighted by Crippen LogP contribution is -2.46. The zero-order valence-electron chi connectivity index (χ0n) is 20.3. The number of phenolic OH excluding ortho intramolecular Hbond substituents is 1. The molecule has 0 aromatic heterocycles. The average Bonchev–Trinajstić information content (AvgIpc) is 2.80. The molecule has 36 heavy (non-hydrogen) atoms. The number of aromatic hydroxyl groups is 1. The molecule has 0 fully saturated rings. The van der Waals surface area contributed by atoms with Crippen molar-refractivity contribution in [3.63, 3.8) is 0 Å². The molecule has 0 heterocycles. The Kier molecular flexibility index (Phi) is 8.26. The second-order valence-corrected chi connectivity index (χ2v) is 9.19. The van der Waals surface area contributed by atoms with Crippen molar-refractivity contribution in [3.05, 3.63) is 99.6 Å². The molecule has 9 nitrogen and oxygen atoms in total. The van der Waals surface area contributed by atoms with Gasteiger partial charge in [0.25, 0.3) is 5.69 Å². The minimum atomic E-state index is -1.13. The molecule has 0 aliphatic rings. The van der Waals surface area contributed by atoms with Crippen LogP contribution in [0, 0.1) is 10.1 Å². The topological polar surface area (TPSA) is 128 Å². The van der Waals surface area contributed by atoms with E-state index in [2.05, 4.69) is 5.32 Å². The SMILES string of the molecule is CC(C)(C)OC(=O)N[C@@H](Cc1ccc(O)cc1Cc1ccccc1)C(=O)Oc1ccc([N+](=O)[O-])cc1. The number of nitro groups is 1. The molecule has 2 N–H and O–H groups in total. The fourth-order valence-electron chi connectivity index (χ4n) is 3.48. The first kappa shape index (κ1) is 26.2. The molecule has 0 aliphatic heterocycles. The van der Waals surface area contributed by atoms with Gasteiger partial charge in [0, 0.05) is 18.6 Å². The zero-order chi connectivity index (χ0) is 26.3. The Balaban J connectivity index is 1.86. The van der Waals surface area contributed by atoms with Crippen molar-refractivity contribution in [2.45, 2.75) is 45.3 Å². The predicted molar refractivity (Wildman–Crippen MR) is 133 cm³/mol. The molecular weight excluding hydrogens is 464 g/mol. The number of hydrogen-bond donors (Lipinski definition) is 2. The van der Waals surface area contributed by atoms with Crippen LogP contribution in [0.25, 0.3) is 0 Å². The molecule has 3 rings (SSSR count). The zero-order valence-corrected chi connectivity index (χ0v) is 20.3. The number of nitro benzene ring substituents is 1. The van der Waals surface area contributed by atoms with Crippen LogP contribution >= 0.6 is 0 Å². The quantitative estimate of drug-likeness (QED) is 0.197. The highest BCUT2D eigenvalue weighted by Gasteiger charge is 2.27. The van der Waals surface area contributed by atoms with Crippen LogP contribution in [0.2, 0.25) is 0 Å². The number of nitrogens with zero attached hydrogens (tertiary/aromatic N) is 1. The summed E-state index contributed by atoms with van der Waals surface area (Å²) in [6, 6.07) is 18.4. The second-order valence-electron chi connectivity index (χ2n) is 9.19. The maximum Gasteiger partial charge on any atom is 0.408 e. The fraction of sp³-hybridized carbons (Fsp3) is 0.259. The first-order chi connectivity index (χ1) is 17.0. The number of carbonyl (C=O) groups is 2. The molecule has 3 aromatic carbocycles. The van der Waals surface area contributed by atoms with Gasteiger partial charge in [0.15, 0.2) is 0 Å². The van der Waals surface area contributed by atoms with E-state index in [1.54, 1.807) is 32.9 Å². The maximum atomic E-state index is 13.1. The number of non-ortho nitro benzene ring substituents is 1. The van der Waals surface area contributed by atoms with Gasteiger partial charge in [0.05, 0.1) is 4.92 Å². The fourth-order valence-corrected chi connectivity index (χ4v) is 3.48. The molecule has 0 saturated carbocycles. The van der Waals surface area contributed by atoms with Crippen molar-refractivity contribution >= 4 is 17.7 Å². The van der Waals surface area contributed by atoms with E-state index in [0.29, 0.717) is 6.42 Å². The highest BCUT2D eigenvalue weighted by Crippen LogP contribution is 2.23. The Hall–Kier alpha value is -4.40. The highest BCUT2D eigenvalue weighted by atomic mass is 16.6. The third kappa shape index (κ3) is 7.83. The molecule has 188 valence electrons. The van der Waals surface area contributed by atoms with E-state index in [0.717, 1.165) is 16.7 Å². The van der Waals surface area contributed by atoms with E-state index in [4.69, 9.17) is 9.47 Å². The van der Waals surface area contributed by atoms with Crippen molar-refractivity contribution < 1.29 is 29.1 Å². The number of amides is 1. The largest absolute Gasteiger partial charge is 0.508 e. The predicted octanol–water partition coefficient (Wildman–Crippen LogP) is 4.93. The summed E-state index contributed by atoms with van der Waals surface area (Å²) in [6.45, 7) is 5.11. The molecule has 1 atom stereocenters. The number of ether oxygens (including phenoxy) is 2. The first-order valence-electron chi connectivity index (χ1n) is 11.3. The van der Waals surface area contributed by atoms with Crippen molar-refractivity contribution in [2.24, 2.45) is 0 Å². The van der Waals surface area contributed by atoms with Crippen LogP contribution in [0.1, 0.15) is 37.5 Å². The molecule has 0 aliphatic carbocycles. The van der Waals surface area contributed by atoms with E-state index in [9.17, 15) is 24.8 Å². The van der Waals surface area contributed by atoms with Gasteiger partial charge in [-0.25, -0.2) is 9.59 Å². The molecule has 9 heteroatoms. The Morgan fingerprint density at radius 1 is 1.00 bits per heavy atom. The van der Waals surface area contributed by atoms with E-state index in [1.807, 2.05) is 30.3 Å². The Bertz CT molecular complexity index is 1220. The van der Waals surface area contributed by atoms with Gasteiger partial charge in [-0.3, -0.25) is 10.1 Å². The van der Waals surface area contributed by atoms with Gasteiger partial charge in [0.1, 0.15) is 23.1 Å². The lowest BCUT2D eigenvalue weighted by Gasteiger charge is -2.23. The van der Waals surface area contributed by atoms with E-state index < -0.39 is 28.6 Å². The molecule has 3 aromatic rings. The summed E-state index contributed by atoms with van der Waals surface area (Å²) in [5, 5.41) is 23.5. The molecule has 0 radical (unpaired) electrons. The highest BCUT2D eigenvalue weighted by molar-refractivity contribution is 5.83. The van der Waals surface area contributed by atoms with Gasteiger partial charge in [0.2, 0.25) is 0 Å². The smallest absolute Gasteiger partial charge is 0.408 e. The van der Waals surface area contributed by atoms with E-state index >= 15 is 0 Å². The van der Waals surface area contributed by atoms with Crippen LogP contribution in [-0.2, 0) is 22.4 Å². The van der Waals surface area contributed by atoms with Crippen molar-refractivity contribution in [3.8, 4) is 11.5 Å². The molecule has 0 unspecified atom stereocenters. The van der Waals surface area contributed by atoms with Crippen LogP contribution in [0.5, 0.6) is 11.5 Å². The third-order valence-corrected chi connectivity index (χ3v) is 5.09. The summed E-state index contributed by atoms with van der Waals surface area (Å²) < 4.78 is 10.7. The third-order valence-electron chi connectivity index (χ3n) is 5.09. The summed E-state index contributed by atoms with van der Waals surface area (Å²) in [7, 11) is 0. The van der Waals surface area contributed by atoms with Crippen LogP contribution in [0.15, 0.2) is 72.8 Å². The van der Waals surface area contributed by atoms with Gasteiger partial charge in [-0.15, -0.1) is 0 Å². The minimum absolute atomic E-state index is 0.0630. The van der Waals surface area contributed by atoms with Gasteiger partial charge in [-0.05, 0) is 68.1 Å². The minimum Gasteiger partial charge on any atom is -0.508 e. The number of esters is 1. The Labute approximate surface area is 208 Å². The van der Waals surface area contributed by atoms with Crippen LogP contribution in [0.4, 0.5) is 10.5 Å². The Morgan fingerprint density at radius 3 is 2.28 bits per heavy atom. The van der Waals surface area contributed by atoms with Crippen LogP contribution in [-0.4, -0.2) is 33.7 Å². The number of hydrogen-bond acceptors (Lipinski definition) is 7. The molecule has 0 bridgehead atoms. The second kappa shape index (κ2) is 11.4. The summed E-state index contributed by atoms with van der Waals surface area (Å²) in [6.07, 6.45) is -0.231. The number of benzene rings is 3. The molecule has 0 saturated heterocycles. The summed E-state index contributed by atoms with van der Waals surface area (Å²) >= 11 is 0. The number of nitrogens with one attached hydrogen (secondary N) is 1. The Morgan fingerprint density at radius 2 is 1.67 bits per heavy atom. The van der Waals surface area contributed by atoms with Gasteiger partial charge in [-0.2, -0.15) is 0 Å². The van der Waals surface area contributed by atoms with Gasteiger partial charge < -0.3 is 19.9 Å². The lowest BCUT2D eigenvalue weighted by molar-refractivity contribution is -0.384. The number of rotatable bonds is 8. The number of carbonyl (C=O) groups excluding carboxylic acids is 2. The molecular formula is C27H28N2O7. The average molecular weight is 493 g/mol. The molecule has 1 amide bonds. The van der Waals surface area contributed by atoms with Crippen LogP contribution in [0.3, 0.4) is 0 Å². The summed E-state index contributed by atoms with van der Waals surface area (Å²) in [4.78, 5) is 35.9. The van der Waals surface area contributed by atoms with Crippen molar-refractivity contribution in [1.29, 1.82) is 0 Å². The number of phenols is 1. The number of alkyl carbamates (subject to hydrolysis) is 1. The molecule has 0 spiro atoms. The maximum absolute atomic E-state index is 13.1. The summed E-state index contributed by atoms with van der Waals surface area (Å²) in [5.74, 6) is -0.597. The van der Waals surface area contributed by atoms with Gasteiger partial charge >= 0.3 is 12.1 Å². The first-order valence-corrected chi connectivity index (χ1v) is 11.3. The van der Waals surface area contributed by atoms with Crippen LogP contribution < -0.4 is 10.1 Å². The summed E-state index contributed by atoms with van der Waals surface area (Å²) in [5.41, 5.74) is 1.58. The van der Waals surface area contributed by atoms with Crippen molar-refractivity contribution in [1.82, 2.24) is 5.32 Å². The standard InChI is InChI=1S/C27H28N2O7/c1-27(2,3)36-26(32)28-24(25(31)35-23-13-10-21(11-14-23)29(33)34)17-19-9-12-22(30)16-20(19)15-18-7-5-4-6-8-18/h4-14,16,24,30H,15,17H2,1-3H3,(H,28,32)/t24-/m0/s1. The lowest BCUT2D eigenvalue weighted by atomic mass is 9.95. The van der Waals surface area contributed by atoms with E-state index in [1.165, 1.54) is 30.3 Å². The monoisotopic (exact) mass is 492 g/mol.